The van der Waals surface area contributed by atoms with Gasteiger partial charge in [0.2, 0.25) is 5.88 Å². The molecule has 0 radical (unpaired) electrons. The van der Waals surface area contributed by atoms with E-state index in [1.54, 1.807) is 0 Å². The number of pyridine rings is 1. The number of hydrogen-bond acceptors (Lipinski definition) is 3. The number of alkyl halides is 2. The number of nitrogens with zero attached hydrogens (tertiary/aromatic N) is 1. The molecule has 0 saturated carbocycles. The minimum atomic E-state index is -2.70. The lowest BCUT2D eigenvalue weighted by Crippen LogP contribution is -2.03. The molecule has 0 saturated heterocycles. The van der Waals surface area contributed by atoms with Crippen molar-refractivity contribution in [3.05, 3.63) is 22.9 Å². The van der Waals surface area contributed by atoms with Crippen LogP contribution in [0.5, 0.6) is 5.88 Å². The SMILES string of the molecule is COc1nc(C)c(C(F)F)cc1C(=O)Cl. The van der Waals surface area contributed by atoms with Crippen molar-refractivity contribution in [3.63, 3.8) is 0 Å². The third kappa shape index (κ3) is 2.41. The van der Waals surface area contributed by atoms with E-state index < -0.39 is 11.7 Å². The number of hydrogen-bond donors (Lipinski definition) is 0. The van der Waals surface area contributed by atoms with Gasteiger partial charge in [0.15, 0.2) is 0 Å². The Morgan fingerprint density at radius 1 is 1.60 bits per heavy atom. The lowest BCUT2D eigenvalue weighted by atomic mass is 10.1. The number of aryl methyl sites for hydroxylation is 1. The Kier molecular flexibility index (Phi) is 3.57. The maximum absolute atomic E-state index is 12.5. The number of carbonyl (C=O) groups excluding carboxylic acids is 1. The normalized spacial score (nSPS) is 10.5. The summed E-state index contributed by atoms with van der Waals surface area (Å²) < 4.78 is 29.7. The van der Waals surface area contributed by atoms with Gasteiger partial charge in [-0.25, -0.2) is 13.8 Å². The summed E-state index contributed by atoms with van der Waals surface area (Å²) in [6.07, 6.45) is -2.70. The van der Waals surface area contributed by atoms with Crippen LogP contribution < -0.4 is 4.74 Å². The molecule has 0 aliphatic carbocycles. The summed E-state index contributed by atoms with van der Waals surface area (Å²) in [6.45, 7) is 1.41. The maximum atomic E-state index is 12.5. The smallest absolute Gasteiger partial charge is 0.265 e. The molecule has 0 N–H and O–H groups in total. The topological polar surface area (TPSA) is 39.2 Å². The standard InChI is InChI=1S/C9H8ClF2NO2/c1-4-5(8(11)12)3-6(7(10)14)9(13-4)15-2/h3,8H,1-2H3. The zero-order valence-corrected chi connectivity index (χ0v) is 8.81. The second-order valence-corrected chi connectivity index (χ2v) is 3.14. The van der Waals surface area contributed by atoms with Crippen molar-refractivity contribution >= 4 is 16.8 Å². The quantitative estimate of drug-likeness (QED) is 0.756. The first kappa shape index (κ1) is 11.8. The van der Waals surface area contributed by atoms with E-state index in [1.807, 2.05) is 0 Å². The summed E-state index contributed by atoms with van der Waals surface area (Å²) in [5.41, 5.74) is -0.358. The van der Waals surface area contributed by atoms with Crippen LogP contribution in [-0.4, -0.2) is 17.3 Å². The summed E-state index contributed by atoms with van der Waals surface area (Å²) in [4.78, 5) is 14.6. The van der Waals surface area contributed by atoms with Crippen LogP contribution in [0.15, 0.2) is 6.07 Å². The maximum Gasteiger partial charge on any atom is 0.265 e. The van der Waals surface area contributed by atoms with E-state index in [1.165, 1.54) is 14.0 Å². The van der Waals surface area contributed by atoms with E-state index in [9.17, 15) is 13.6 Å². The van der Waals surface area contributed by atoms with Gasteiger partial charge in [-0.05, 0) is 24.6 Å². The van der Waals surface area contributed by atoms with E-state index in [4.69, 9.17) is 16.3 Å². The fraction of sp³-hybridized carbons (Fsp3) is 0.333. The average molecular weight is 236 g/mol. The highest BCUT2D eigenvalue weighted by Crippen LogP contribution is 2.27. The highest BCUT2D eigenvalue weighted by Gasteiger charge is 2.19. The fourth-order valence-electron chi connectivity index (χ4n) is 1.12. The van der Waals surface area contributed by atoms with E-state index >= 15 is 0 Å². The largest absolute Gasteiger partial charge is 0.480 e. The number of ether oxygens (including phenoxy) is 1. The van der Waals surface area contributed by atoms with Gasteiger partial charge < -0.3 is 4.74 Å². The van der Waals surface area contributed by atoms with Gasteiger partial charge in [-0.15, -0.1) is 0 Å². The highest BCUT2D eigenvalue weighted by molar-refractivity contribution is 6.68. The van der Waals surface area contributed by atoms with Crippen molar-refractivity contribution in [2.24, 2.45) is 0 Å². The zero-order valence-electron chi connectivity index (χ0n) is 8.05. The Morgan fingerprint density at radius 2 is 2.20 bits per heavy atom. The van der Waals surface area contributed by atoms with E-state index in [2.05, 4.69) is 4.98 Å². The Morgan fingerprint density at radius 3 is 2.60 bits per heavy atom. The van der Waals surface area contributed by atoms with Gasteiger partial charge in [0.05, 0.1) is 18.4 Å². The molecule has 15 heavy (non-hydrogen) atoms. The lowest BCUT2D eigenvalue weighted by molar-refractivity contribution is 0.107. The molecule has 0 unspecified atom stereocenters. The van der Waals surface area contributed by atoms with Gasteiger partial charge >= 0.3 is 0 Å². The molecule has 0 fully saturated rings. The number of carbonyl (C=O) groups is 1. The molecule has 0 amide bonds. The van der Waals surface area contributed by atoms with Crippen LogP contribution >= 0.6 is 11.6 Å². The second-order valence-electron chi connectivity index (χ2n) is 2.79. The van der Waals surface area contributed by atoms with Crippen LogP contribution in [0.1, 0.15) is 28.0 Å². The second kappa shape index (κ2) is 4.53. The third-order valence-electron chi connectivity index (χ3n) is 1.86. The predicted molar refractivity (Wildman–Crippen MR) is 50.7 cm³/mol. The summed E-state index contributed by atoms with van der Waals surface area (Å²) >= 11 is 5.21. The summed E-state index contributed by atoms with van der Waals surface area (Å²) in [5, 5.41) is -0.874. The van der Waals surface area contributed by atoms with Crippen LogP contribution in [0.25, 0.3) is 0 Å². The summed E-state index contributed by atoms with van der Waals surface area (Å²) in [7, 11) is 1.28. The number of halogens is 3. The van der Waals surface area contributed by atoms with Crippen LogP contribution in [0, 0.1) is 6.92 Å². The predicted octanol–water partition coefficient (Wildman–Crippen LogP) is 2.72. The Labute approximate surface area is 90.0 Å². The molecule has 1 aromatic heterocycles. The van der Waals surface area contributed by atoms with E-state index in [0.29, 0.717) is 0 Å². The first-order valence-corrected chi connectivity index (χ1v) is 4.38. The van der Waals surface area contributed by atoms with E-state index in [-0.39, 0.29) is 22.7 Å². The van der Waals surface area contributed by atoms with Crippen molar-refractivity contribution in [2.45, 2.75) is 13.3 Å². The Hall–Kier alpha value is -1.23. The van der Waals surface area contributed by atoms with Crippen LogP contribution in [0.3, 0.4) is 0 Å². The fourth-order valence-corrected chi connectivity index (χ4v) is 1.25. The van der Waals surface area contributed by atoms with Crippen molar-refractivity contribution in [2.75, 3.05) is 7.11 Å². The molecule has 82 valence electrons. The number of rotatable bonds is 3. The third-order valence-corrected chi connectivity index (χ3v) is 2.06. The van der Waals surface area contributed by atoms with Gasteiger partial charge in [0, 0.05) is 5.56 Å². The minimum Gasteiger partial charge on any atom is -0.480 e. The molecule has 0 bridgehead atoms. The first-order valence-electron chi connectivity index (χ1n) is 4.01. The molecule has 3 nitrogen and oxygen atoms in total. The van der Waals surface area contributed by atoms with Crippen molar-refractivity contribution in [1.82, 2.24) is 4.98 Å². The van der Waals surface area contributed by atoms with Crippen molar-refractivity contribution in [1.29, 1.82) is 0 Å². The van der Waals surface area contributed by atoms with Crippen LogP contribution in [0.4, 0.5) is 8.78 Å². The average Bonchev–Trinajstić information content (AvgIpc) is 2.16. The van der Waals surface area contributed by atoms with Crippen LogP contribution in [0.2, 0.25) is 0 Å². The zero-order chi connectivity index (χ0) is 11.6. The summed E-state index contributed by atoms with van der Waals surface area (Å²) in [6, 6.07) is 1.00. The van der Waals surface area contributed by atoms with Crippen molar-refractivity contribution < 1.29 is 18.3 Å². The molecule has 6 heteroatoms. The highest BCUT2D eigenvalue weighted by atomic mass is 35.5. The molecule has 0 aliphatic rings. The van der Waals surface area contributed by atoms with E-state index in [0.717, 1.165) is 6.07 Å². The van der Waals surface area contributed by atoms with Gasteiger partial charge in [-0.2, -0.15) is 0 Å². The lowest BCUT2D eigenvalue weighted by Gasteiger charge is -2.09. The number of aromatic nitrogens is 1. The van der Waals surface area contributed by atoms with Gasteiger partial charge in [0.25, 0.3) is 11.7 Å². The summed E-state index contributed by atoms with van der Waals surface area (Å²) in [5.74, 6) is -0.0445. The molecular formula is C9H8ClF2NO2. The van der Waals surface area contributed by atoms with Gasteiger partial charge in [-0.3, -0.25) is 4.79 Å². The minimum absolute atomic E-state index is 0.0445. The Balaban J connectivity index is 3.37. The van der Waals surface area contributed by atoms with Gasteiger partial charge in [0.1, 0.15) is 0 Å². The monoisotopic (exact) mass is 235 g/mol. The molecule has 1 heterocycles. The Bertz CT molecular complexity index is 396. The molecule has 0 aliphatic heterocycles. The van der Waals surface area contributed by atoms with Crippen LogP contribution in [-0.2, 0) is 0 Å². The molecule has 0 atom stereocenters. The molecule has 1 rings (SSSR count). The number of methoxy groups -OCH3 is 1. The van der Waals surface area contributed by atoms with Gasteiger partial charge in [-0.1, -0.05) is 0 Å². The molecule has 0 aromatic carbocycles. The molecule has 0 spiro atoms. The molecular weight excluding hydrogens is 228 g/mol. The van der Waals surface area contributed by atoms with Crippen molar-refractivity contribution in [3.8, 4) is 5.88 Å². The molecule has 1 aromatic rings. The first-order chi connectivity index (χ1) is 6.97.